The van der Waals surface area contributed by atoms with E-state index in [0.717, 1.165) is 10.9 Å². The normalized spacial score (nSPS) is 34.6. The highest BCUT2D eigenvalue weighted by Crippen LogP contribution is 2.64. The van der Waals surface area contributed by atoms with E-state index >= 15 is 8.78 Å². The molecule has 4 aromatic rings. The quantitative estimate of drug-likeness (QED) is 0.102. The first-order valence-corrected chi connectivity index (χ1v) is 21.6. The predicted molar refractivity (Wildman–Crippen MR) is 185 cm³/mol. The molecule has 0 spiro atoms. The summed E-state index contributed by atoms with van der Waals surface area (Å²) in [6.07, 6.45) is -8.76. The van der Waals surface area contributed by atoms with Crippen molar-refractivity contribution < 1.29 is 45.5 Å². The molecule has 3 fully saturated rings. The Bertz CT molecular complexity index is 2130. The van der Waals surface area contributed by atoms with Gasteiger partial charge in [0, 0.05) is 17.1 Å². The smallest absolute Gasteiger partial charge is 0.382 e. The van der Waals surface area contributed by atoms with Crippen molar-refractivity contribution in [2.24, 2.45) is 0 Å². The first kappa shape index (κ1) is 37.6. The molecule has 6 N–H and O–H groups in total. The van der Waals surface area contributed by atoms with Gasteiger partial charge in [-0.15, -0.1) is 0 Å². The van der Waals surface area contributed by atoms with Gasteiger partial charge in [-0.05, 0) is 19.8 Å². The molecule has 3 aliphatic rings. The van der Waals surface area contributed by atoms with Crippen molar-refractivity contribution in [2.45, 2.75) is 88.4 Å². The highest BCUT2D eigenvalue weighted by Gasteiger charge is 2.55. The molecular formula is C26H35F2N11O9P2S2. The summed E-state index contributed by atoms with van der Waals surface area (Å²) in [6.45, 7) is -4.73. The Morgan fingerprint density at radius 2 is 1.63 bits per heavy atom. The number of rotatable bonds is 7. The number of H-pyrrole nitrogens is 1. The zero-order chi connectivity index (χ0) is 37.2. The molecule has 3 aliphatic heterocycles. The molecule has 7 heterocycles. The second-order valence-electron chi connectivity index (χ2n) is 12.5. The van der Waals surface area contributed by atoms with E-state index in [2.05, 4.69) is 46.9 Å². The fraction of sp³-hybridized carbons (Fsp3) is 0.615. The molecule has 3 saturated heterocycles. The Kier molecular flexibility index (Phi) is 10.2. The van der Waals surface area contributed by atoms with E-state index in [1.165, 1.54) is 17.2 Å². The van der Waals surface area contributed by atoms with Crippen molar-refractivity contribution in [3.8, 4) is 0 Å². The SMILES string of the molecule is CCC(C)(CC)NS[P@]1(=O)OC[C@H]2O[C@@H](n3cnc4c(=O)[nH]c(N)nc43)[C@H](F)[C@@H]2O[P@](=O)(S)OC[C@H]2O[C@@H](n3cnc4c(N)ncnc43)[C@H](O1)[C@@H]2F. The van der Waals surface area contributed by atoms with E-state index in [1.54, 1.807) is 0 Å². The highest BCUT2D eigenvalue weighted by molar-refractivity contribution is 8.54. The molecule has 10 atom stereocenters. The van der Waals surface area contributed by atoms with Gasteiger partial charge in [0.2, 0.25) is 5.95 Å². The molecule has 26 heteroatoms. The number of hydrogen-bond donors (Lipinski definition) is 5. The molecule has 0 aromatic carbocycles. The fourth-order valence-corrected chi connectivity index (χ4v) is 10.7. The number of thiol groups is 1. The average molecular weight is 810 g/mol. The number of hydrogen-bond acceptors (Lipinski definition) is 18. The van der Waals surface area contributed by atoms with Crippen LogP contribution in [0.15, 0.2) is 23.8 Å². The van der Waals surface area contributed by atoms with Gasteiger partial charge in [-0.1, -0.05) is 26.1 Å². The van der Waals surface area contributed by atoms with Crippen LogP contribution in [0.25, 0.3) is 22.3 Å². The minimum atomic E-state index is -4.51. The van der Waals surface area contributed by atoms with E-state index in [4.69, 9.17) is 39.0 Å². The molecule has 7 rings (SSSR count). The molecule has 4 aromatic heterocycles. The summed E-state index contributed by atoms with van der Waals surface area (Å²) in [4.78, 5) is 35.1. The van der Waals surface area contributed by atoms with Gasteiger partial charge in [0.05, 0.1) is 25.9 Å². The zero-order valence-electron chi connectivity index (χ0n) is 27.6. The lowest BCUT2D eigenvalue weighted by molar-refractivity contribution is -0.0564. The van der Waals surface area contributed by atoms with E-state index in [9.17, 15) is 13.9 Å². The number of alkyl halides is 2. The van der Waals surface area contributed by atoms with E-state index in [0.29, 0.717) is 24.4 Å². The Labute approximate surface area is 302 Å². The van der Waals surface area contributed by atoms with Crippen LogP contribution in [0, 0.1) is 0 Å². The van der Waals surface area contributed by atoms with Crippen LogP contribution < -0.4 is 21.7 Å². The fourth-order valence-electron chi connectivity index (χ4n) is 5.83. The van der Waals surface area contributed by atoms with Gasteiger partial charge in [-0.25, -0.2) is 42.6 Å². The molecule has 52 heavy (non-hydrogen) atoms. The molecule has 0 saturated carbocycles. The standard InChI is InChI=1S/C26H35F2N11O9P2S2/c1-4-26(3,5-2)37-52-50(42)44-7-12-17(14(28)23(46-12)39-10-34-16-21(39)35-25(30)36-22(16)40)47-49(41,51)43-6-11-13(27)18(48-50)24(45-11)38-9-33-15-19(29)31-8-32-20(15)38/h8-14,17-18,23-24,37H,4-7H2,1-3H3,(H,41,51)(H2,29,31,32)(H3,30,35,36,40)/t11-,12-,13-,14-,17-,18-,23-,24-,49-,50-/m1/s1. The number of nitrogen functional groups attached to an aromatic ring is 2. The van der Waals surface area contributed by atoms with Crippen molar-refractivity contribution in [2.75, 3.05) is 24.7 Å². The molecule has 2 bridgehead atoms. The summed E-state index contributed by atoms with van der Waals surface area (Å²) < 4.78 is 102. The number of anilines is 2. The second-order valence-corrected chi connectivity index (χ2v) is 19.0. The number of nitrogens with one attached hydrogen (secondary N) is 2. The van der Waals surface area contributed by atoms with E-state index in [-0.39, 0.29) is 34.1 Å². The molecule has 0 aliphatic carbocycles. The van der Waals surface area contributed by atoms with Crippen molar-refractivity contribution in [3.63, 3.8) is 0 Å². The third-order valence-electron chi connectivity index (χ3n) is 9.19. The average Bonchev–Trinajstić information content (AvgIpc) is 3.87. The van der Waals surface area contributed by atoms with Gasteiger partial charge in [-0.2, -0.15) is 4.98 Å². The number of fused-ring (bicyclic) bond motifs is 5. The van der Waals surface area contributed by atoms with Crippen LogP contribution in [0.5, 0.6) is 0 Å². The van der Waals surface area contributed by atoms with Crippen LogP contribution in [0.2, 0.25) is 0 Å². The number of ether oxygens (including phenoxy) is 2. The molecule has 20 nitrogen and oxygen atoms in total. The minimum Gasteiger partial charge on any atom is -0.382 e. The Hall–Kier alpha value is -2.76. The summed E-state index contributed by atoms with van der Waals surface area (Å²) in [7, 11) is 0. The highest BCUT2D eigenvalue weighted by atomic mass is 32.7. The van der Waals surface area contributed by atoms with E-state index in [1.807, 2.05) is 20.8 Å². The Morgan fingerprint density at radius 3 is 2.37 bits per heavy atom. The van der Waals surface area contributed by atoms with Gasteiger partial charge in [0.25, 0.3) is 5.56 Å². The minimum absolute atomic E-state index is 0.0451. The number of nitrogens with zero attached hydrogens (tertiary/aromatic N) is 7. The number of aromatic amines is 1. The summed E-state index contributed by atoms with van der Waals surface area (Å²) in [5, 5.41) is 0. The Balaban J connectivity index is 1.26. The van der Waals surface area contributed by atoms with Crippen molar-refractivity contribution in [1.29, 1.82) is 0 Å². The molecule has 0 amide bonds. The lowest BCUT2D eigenvalue weighted by Crippen LogP contribution is -2.37. The molecular weight excluding hydrogens is 774 g/mol. The van der Waals surface area contributed by atoms with Gasteiger partial charge >= 0.3 is 13.6 Å². The van der Waals surface area contributed by atoms with Crippen LogP contribution in [0.4, 0.5) is 20.5 Å². The first-order valence-electron chi connectivity index (χ1n) is 15.9. The zero-order valence-corrected chi connectivity index (χ0v) is 31.1. The summed E-state index contributed by atoms with van der Waals surface area (Å²) in [6, 6.07) is 0. The van der Waals surface area contributed by atoms with Gasteiger partial charge in [0.15, 0.2) is 47.4 Å². The third-order valence-corrected chi connectivity index (χ3v) is 14.1. The number of nitrogens with two attached hydrogens (primary N) is 2. The molecule has 284 valence electrons. The third kappa shape index (κ3) is 6.99. The topological polar surface area (TPSA) is 261 Å². The van der Waals surface area contributed by atoms with Crippen LogP contribution in [-0.2, 0) is 36.7 Å². The first-order chi connectivity index (χ1) is 24.6. The summed E-state index contributed by atoms with van der Waals surface area (Å²) in [5.74, 6) is -0.221. The molecule has 0 radical (unpaired) electrons. The predicted octanol–water partition coefficient (Wildman–Crippen LogP) is 3.37. The lowest BCUT2D eigenvalue weighted by Gasteiger charge is -2.31. The lowest BCUT2D eigenvalue weighted by atomic mass is 9.98. The van der Waals surface area contributed by atoms with Crippen LogP contribution in [0.1, 0.15) is 46.1 Å². The van der Waals surface area contributed by atoms with Crippen LogP contribution in [-0.4, -0.2) is 94.5 Å². The molecule has 0 unspecified atom stereocenters. The number of aromatic nitrogens is 8. The summed E-state index contributed by atoms with van der Waals surface area (Å²) in [5.41, 5.74) is 10.5. The van der Waals surface area contributed by atoms with Gasteiger partial charge in [-0.3, -0.25) is 37.0 Å². The van der Waals surface area contributed by atoms with Crippen LogP contribution >= 0.6 is 37.4 Å². The Morgan fingerprint density at radius 1 is 0.962 bits per heavy atom. The van der Waals surface area contributed by atoms with Crippen molar-refractivity contribution in [1.82, 2.24) is 43.8 Å². The number of imidazole rings is 2. The summed E-state index contributed by atoms with van der Waals surface area (Å²) >= 11 is 4.63. The van der Waals surface area contributed by atoms with Gasteiger partial charge < -0.3 is 20.9 Å². The maximum atomic E-state index is 16.4. The number of halogens is 2. The van der Waals surface area contributed by atoms with E-state index < -0.39 is 87.1 Å². The van der Waals surface area contributed by atoms with Crippen LogP contribution in [0.3, 0.4) is 0 Å². The maximum Gasteiger partial charge on any atom is 0.404 e. The largest absolute Gasteiger partial charge is 0.404 e. The maximum absolute atomic E-state index is 16.4. The van der Waals surface area contributed by atoms with Gasteiger partial charge in [0.1, 0.15) is 36.3 Å². The second kappa shape index (κ2) is 14.1. The van der Waals surface area contributed by atoms with Crippen molar-refractivity contribution >= 4 is 71.5 Å². The van der Waals surface area contributed by atoms with Crippen molar-refractivity contribution in [3.05, 3.63) is 29.3 Å². The monoisotopic (exact) mass is 809 g/mol.